The molecule has 4 aliphatic rings. The molecule has 0 aliphatic carbocycles. The topological polar surface area (TPSA) is 184 Å². The van der Waals surface area contributed by atoms with Gasteiger partial charge in [0.15, 0.2) is 0 Å². The standard InChI is InChI=1S/C50H68N10O7S.5H2S/c1-10-59-40-14-13-31-22-34(40)36(44(59)35-23-32(26-52-42(35)30(4)66-9)58-20-18-56(7)19-21-58)25-50(5,6)28-67-49(65)37-12-11-17-60(55-37)48(64)38(24-41-53-39(31)27-68-41)54-46(62)43(29(2)3)57(8)47(63)33-15-16-51-45(33)61;;;;;/h13-14,22-23,26-27,29-30,33,37-38,43,55H,10-12,15-21,24-25,28H2,1-9H3,(H,51,61)(H,54,62);5*1H2/t30-,33-,37-,38-,43-;;;;;/m0...../s1. The number of benzene rings is 1. The molecule has 0 spiro atoms. The molecular formula is C50H78N10O7S6. The van der Waals surface area contributed by atoms with Gasteiger partial charge in [-0.15, -0.1) is 11.3 Å². The first-order chi connectivity index (χ1) is 32.5. The molecule has 8 rings (SSSR count). The van der Waals surface area contributed by atoms with Crippen molar-refractivity contribution in [3.05, 3.63) is 52.1 Å². The number of carbonyl (C=O) groups excluding carboxylic acids is 5. The molecule has 1 aromatic carbocycles. The van der Waals surface area contributed by atoms with Crippen LogP contribution in [0.25, 0.3) is 33.4 Å². The molecule has 3 fully saturated rings. The van der Waals surface area contributed by atoms with Crippen molar-refractivity contribution < 1.29 is 33.4 Å². The average molecular weight is 1120 g/mol. The molecule has 73 heavy (non-hydrogen) atoms. The summed E-state index contributed by atoms with van der Waals surface area (Å²) in [5.74, 6) is -3.45. The van der Waals surface area contributed by atoms with Gasteiger partial charge in [-0.05, 0) is 76.3 Å². The predicted molar refractivity (Wildman–Crippen MR) is 313 cm³/mol. The van der Waals surface area contributed by atoms with E-state index < -0.39 is 53.1 Å². The van der Waals surface area contributed by atoms with E-state index in [1.807, 2.05) is 32.3 Å². The van der Waals surface area contributed by atoms with E-state index in [9.17, 15) is 24.0 Å². The van der Waals surface area contributed by atoms with E-state index in [2.05, 4.69) is 82.5 Å². The third-order valence-corrected chi connectivity index (χ3v) is 15.0. The first-order valence-corrected chi connectivity index (χ1v) is 25.0. The van der Waals surface area contributed by atoms with Crippen molar-refractivity contribution in [3.63, 3.8) is 0 Å². The fourth-order valence-corrected chi connectivity index (χ4v) is 11.1. The van der Waals surface area contributed by atoms with E-state index in [4.69, 9.17) is 19.4 Å². The first kappa shape index (κ1) is 63.6. The highest BCUT2D eigenvalue weighted by Gasteiger charge is 2.41. The quantitative estimate of drug-likeness (QED) is 0.141. The lowest BCUT2D eigenvalue weighted by atomic mass is 9.84. The maximum atomic E-state index is 14.6. The molecule has 23 heteroatoms. The van der Waals surface area contributed by atoms with Crippen molar-refractivity contribution in [3.8, 4) is 22.5 Å². The van der Waals surface area contributed by atoms with Crippen LogP contribution in [0.2, 0.25) is 0 Å². The average Bonchev–Trinajstić information content (AvgIpc) is 4.06. The fourth-order valence-electron chi connectivity index (χ4n) is 10.2. The van der Waals surface area contributed by atoms with Crippen molar-refractivity contribution in [1.29, 1.82) is 0 Å². The fraction of sp³-hybridized carbons (Fsp3) is 0.580. The molecule has 406 valence electrons. The Labute approximate surface area is 469 Å². The SMILES string of the molecule is CCn1c(-c2cc(N3CCN(C)CC3)cnc2[C@H](C)OC)c2c3cc(ccc31)-c1csc(n1)C[C@H](NC(=O)[C@H](C(C)C)N(C)C(=O)[C@H]1CCNC1=O)C(=O)N1CCC[C@H](N1)C(=O)OCC(C)(C)C2.S.S.S.S.S. The highest BCUT2D eigenvalue weighted by Crippen LogP contribution is 2.43. The summed E-state index contributed by atoms with van der Waals surface area (Å²) in [4.78, 5) is 85.4. The summed E-state index contributed by atoms with van der Waals surface area (Å²) in [7, 11) is 5.39. The molecule has 5 atom stereocenters. The minimum atomic E-state index is -1.10. The third kappa shape index (κ3) is 13.7. The molecule has 7 heterocycles. The number of hydrogen-bond donors (Lipinski definition) is 3. The number of pyridine rings is 1. The van der Waals surface area contributed by atoms with Crippen molar-refractivity contribution in [1.82, 2.24) is 45.4 Å². The van der Waals surface area contributed by atoms with E-state index >= 15 is 0 Å². The van der Waals surface area contributed by atoms with E-state index in [1.165, 1.54) is 28.3 Å². The van der Waals surface area contributed by atoms with Crippen LogP contribution in [0.4, 0.5) is 5.69 Å². The van der Waals surface area contributed by atoms with Gasteiger partial charge in [-0.2, -0.15) is 67.5 Å². The number of nitrogens with one attached hydrogen (secondary N) is 3. The number of nitrogens with zero attached hydrogens (tertiary/aromatic N) is 7. The van der Waals surface area contributed by atoms with Crippen LogP contribution in [0.1, 0.15) is 83.2 Å². The number of piperazine rings is 1. The zero-order valence-corrected chi connectivity index (χ0v) is 49.3. The van der Waals surface area contributed by atoms with Gasteiger partial charge in [0.25, 0.3) is 5.91 Å². The molecule has 4 aromatic rings. The number of amides is 4. The van der Waals surface area contributed by atoms with Gasteiger partial charge >= 0.3 is 5.97 Å². The minimum Gasteiger partial charge on any atom is -0.464 e. The number of likely N-dealkylation sites (N-methyl/N-ethyl adjacent to an activating group) is 2. The molecular weight excluding hydrogens is 1050 g/mol. The molecule has 0 unspecified atom stereocenters. The Kier molecular flexibility index (Phi) is 23.4. The van der Waals surface area contributed by atoms with Crippen molar-refractivity contribution >= 4 is 125 Å². The van der Waals surface area contributed by atoms with Crippen LogP contribution in [0.15, 0.2) is 35.8 Å². The number of aromatic nitrogens is 3. The molecule has 3 N–H and O–H groups in total. The molecule has 6 bridgehead atoms. The maximum absolute atomic E-state index is 14.6. The summed E-state index contributed by atoms with van der Waals surface area (Å²) in [5, 5.41) is 10.8. The number of ether oxygens (including phenoxy) is 2. The summed E-state index contributed by atoms with van der Waals surface area (Å²) in [6.45, 7) is 17.3. The lowest BCUT2D eigenvalue weighted by molar-refractivity contribution is -0.155. The van der Waals surface area contributed by atoms with Crippen molar-refractivity contribution in [2.45, 2.75) is 104 Å². The van der Waals surface area contributed by atoms with Gasteiger partial charge < -0.3 is 39.4 Å². The van der Waals surface area contributed by atoms with Gasteiger partial charge in [0.1, 0.15) is 24.0 Å². The summed E-state index contributed by atoms with van der Waals surface area (Å²) in [6, 6.07) is 5.83. The molecule has 0 saturated carbocycles. The molecule has 4 aliphatic heterocycles. The van der Waals surface area contributed by atoms with Crippen LogP contribution in [-0.2, 0) is 52.8 Å². The molecule has 3 saturated heterocycles. The highest BCUT2D eigenvalue weighted by molar-refractivity contribution is 7.60. The highest BCUT2D eigenvalue weighted by atomic mass is 32.1. The Morgan fingerprint density at radius 1 is 1.01 bits per heavy atom. The largest absolute Gasteiger partial charge is 0.464 e. The van der Waals surface area contributed by atoms with E-state index in [0.717, 1.165) is 76.5 Å². The number of hydrogen-bond acceptors (Lipinski definition) is 13. The number of rotatable bonds is 10. The van der Waals surface area contributed by atoms with Crippen LogP contribution in [0.3, 0.4) is 0 Å². The van der Waals surface area contributed by atoms with Gasteiger partial charge in [-0.25, -0.2) is 10.4 Å². The maximum Gasteiger partial charge on any atom is 0.324 e. The number of aryl methyl sites for hydroxylation is 1. The minimum absolute atomic E-state index is 0. The monoisotopic (exact) mass is 1120 g/mol. The van der Waals surface area contributed by atoms with Crippen LogP contribution >= 0.6 is 78.8 Å². The van der Waals surface area contributed by atoms with Crippen LogP contribution in [0.5, 0.6) is 0 Å². The van der Waals surface area contributed by atoms with E-state index in [0.29, 0.717) is 50.3 Å². The number of methoxy groups -OCH3 is 1. The van der Waals surface area contributed by atoms with Crippen LogP contribution in [-0.4, -0.2) is 144 Å². The predicted octanol–water partition coefficient (Wildman–Crippen LogP) is 5.14. The Hall–Kier alpha value is -3.68. The Balaban J connectivity index is 0.00000281. The Morgan fingerprint density at radius 2 is 1.73 bits per heavy atom. The first-order valence-electron chi connectivity index (χ1n) is 24.1. The summed E-state index contributed by atoms with van der Waals surface area (Å²) < 4.78 is 14.5. The van der Waals surface area contributed by atoms with Crippen LogP contribution < -0.4 is 21.0 Å². The number of carbonyl (C=O) groups is 5. The summed E-state index contributed by atoms with van der Waals surface area (Å²) in [6.07, 6.45) is 3.65. The van der Waals surface area contributed by atoms with Gasteiger partial charge in [0.05, 0.1) is 46.7 Å². The lowest BCUT2D eigenvalue weighted by Crippen LogP contribution is -2.62. The zero-order chi connectivity index (χ0) is 48.6. The number of esters is 1. The second kappa shape index (κ2) is 26.9. The number of anilines is 1. The van der Waals surface area contributed by atoms with Gasteiger partial charge in [-0.1, -0.05) is 33.8 Å². The Bertz CT molecular complexity index is 2570. The molecule has 0 radical (unpaired) electrons. The second-order valence-electron chi connectivity index (χ2n) is 20.0. The lowest BCUT2D eigenvalue weighted by Gasteiger charge is -2.36. The number of fused-ring (bicyclic) bond motifs is 6. The summed E-state index contributed by atoms with van der Waals surface area (Å²) in [5.41, 5.74) is 10.4. The Morgan fingerprint density at radius 3 is 2.37 bits per heavy atom. The molecule has 3 aromatic heterocycles. The normalized spacial score (nSPS) is 20.9. The molecule has 4 amide bonds. The zero-order valence-electron chi connectivity index (χ0n) is 43.5. The molecule has 17 nitrogen and oxygen atoms in total. The number of cyclic esters (lactones) is 1. The summed E-state index contributed by atoms with van der Waals surface area (Å²) >= 11 is 1.40. The van der Waals surface area contributed by atoms with E-state index in [1.54, 1.807) is 7.11 Å². The van der Waals surface area contributed by atoms with Crippen molar-refractivity contribution in [2.24, 2.45) is 17.3 Å². The third-order valence-electron chi connectivity index (χ3n) is 14.1. The number of hydrazine groups is 1. The van der Waals surface area contributed by atoms with Crippen molar-refractivity contribution in [2.75, 3.05) is 72.0 Å². The van der Waals surface area contributed by atoms with Gasteiger partial charge in [0, 0.05) is 99.2 Å². The van der Waals surface area contributed by atoms with Crippen LogP contribution in [0, 0.1) is 17.3 Å². The van der Waals surface area contributed by atoms with Gasteiger partial charge in [0.2, 0.25) is 17.7 Å². The second-order valence-corrected chi connectivity index (χ2v) is 21.0. The van der Waals surface area contributed by atoms with Gasteiger partial charge in [-0.3, -0.25) is 34.0 Å². The smallest absolute Gasteiger partial charge is 0.324 e. The number of thiazole rings is 1. The van der Waals surface area contributed by atoms with E-state index in [-0.39, 0.29) is 98.4 Å².